The van der Waals surface area contributed by atoms with E-state index in [4.69, 9.17) is 102 Å². The second-order valence-corrected chi connectivity index (χ2v) is 7.05. The van der Waals surface area contributed by atoms with Gasteiger partial charge in [-0.05, 0) is 12.2 Å². The fourth-order valence-corrected chi connectivity index (χ4v) is 2.51. The molecule has 10 heteroatoms. The summed E-state index contributed by atoms with van der Waals surface area (Å²) in [5.74, 6) is 0.171. The largest absolute Gasteiger partial charge is 0.486 e. The monoisotopic (exact) mass is 462 g/mol. The van der Waals surface area contributed by atoms with Crippen LogP contribution in [0.5, 0.6) is 11.5 Å². The van der Waals surface area contributed by atoms with E-state index in [0.717, 1.165) is 0 Å². The quantitative estimate of drug-likeness (QED) is 0.401. The summed E-state index contributed by atoms with van der Waals surface area (Å²) in [6, 6.07) is 0. The molecule has 22 heavy (non-hydrogen) atoms. The van der Waals surface area contributed by atoms with Gasteiger partial charge in [-0.3, -0.25) is 0 Å². The highest BCUT2D eigenvalue weighted by atomic mass is 35.5. The van der Waals surface area contributed by atoms with Crippen LogP contribution >= 0.6 is 92.8 Å². The van der Waals surface area contributed by atoms with Gasteiger partial charge in [0.1, 0.15) is 42.3 Å². The van der Waals surface area contributed by atoms with Crippen LogP contribution in [0.4, 0.5) is 0 Å². The number of hydrogen-bond donors (Lipinski definition) is 0. The maximum Gasteiger partial charge on any atom is 0.160 e. The predicted molar refractivity (Wildman–Crippen MR) is 97.0 cm³/mol. The van der Waals surface area contributed by atoms with Crippen LogP contribution in [0.25, 0.3) is 0 Å². The third-order valence-corrected chi connectivity index (χ3v) is 4.37. The molecule has 0 aliphatic rings. The maximum absolute atomic E-state index is 6.10. The van der Waals surface area contributed by atoms with Crippen LogP contribution in [0.15, 0.2) is 21.1 Å². The topological polar surface area (TPSA) is 18.5 Å². The van der Waals surface area contributed by atoms with Gasteiger partial charge in [0.25, 0.3) is 0 Å². The van der Waals surface area contributed by atoms with Crippen LogP contribution in [-0.2, 0) is 0 Å². The second kappa shape index (κ2) is 9.80. The molecule has 122 valence electrons. The van der Waals surface area contributed by atoms with Crippen molar-refractivity contribution in [3.8, 4) is 11.5 Å². The first-order chi connectivity index (χ1) is 10.3. The van der Waals surface area contributed by atoms with Gasteiger partial charge in [-0.1, -0.05) is 92.8 Å². The lowest BCUT2D eigenvalue weighted by atomic mass is 10.3. The molecule has 2 nitrogen and oxygen atoms in total. The van der Waals surface area contributed by atoms with Crippen LogP contribution in [0, 0.1) is 0 Å². The fraction of sp³-hybridized carbons (Fsp3) is 0.167. The summed E-state index contributed by atoms with van der Waals surface area (Å²) in [6.07, 6.45) is 2.80. The smallest absolute Gasteiger partial charge is 0.160 e. The summed E-state index contributed by atoms with van der Waals surface area (Å²) in [5.41, 5.74) is 0. The van der Waals surface area contributed by atoms with Crippen molar-refractivity contribution >= 4 is 92.8 Å². The summed E-state index contributed by atoms with van der Waals surface area (Å²) in [6.45, 7) is 0.0540. The Morgan fingerprint density at radius 3 is 1.14 bits per heavy atom. The summed E-state index contributed by atoms with van der Waals surface area (Å²) in [4.78, 5) is 0. The first-order valence-electron chi connectivity index (χ1n) is 5.39. The zero-order valence-electron chi connectivity index (χ0n) is 10.4. The molecule has 0 saturated carbocycles. The third-order valence-electron chi connectivity index (χ3n) is 2.11. The average molecular weight is 466 g/mol. The lowest BCUT2D eigenvalue weighted by molar-refractivity contribution is 0.353. The van der Waals surface area contributed by atoms with E-state index in [-0.39, 0.29) is 53.8 Å². The summed E-state index contributed by atoms with van der Waals surface area (Å²) in [5, 5.41) is 0.134. The SMILES string of the molecule is ClC(Cl)=CCOc1c(Cl)c(Cl)c(OCC=C(Cl)Cl)c(Cl)c1Cl. The number of halogens is 8. The van der Waals surface area contributed by atoms with Crippen molar-refractivity contribution in [3.63, 3.8) is 0 Å². The van der Waals surface area contributed by atoms with Crippen molar-refractivity contribution in [1.29, 1.82) is 0 Å². The molecule has 0 radical (unpaired) electrons. The van der Waals surface area contributed by atoms with Gasteiger partial charge in [0, 0.05) is 0 Å². The van der Waals surface area contributed by atoms with Crippen molar-refractivity contribution in [1.82, 2.24) is 0 Å². The molecule has 0 unspecified atom stereocenters. The highest BCUT2D eigenvalue weighted by Gasteiger charge is 2.22. The van der Waals surface area contributed by atoms with Crippen LogP contribution in [0.2, 0.25) is 20.1 Å². The molecular formula is C12H6Cl8O2. The molecule has 0 aliphatic carbocycles. The minimum absolute atomic E-state index is 0.0270. The number of hydrogen-bond acceptors (Lipinski definition) is 2. The fourth-order valence-electron chi connectivity index (χ4n) is 1.22. The van der Waals surface area contributed by atoms with Gasteiger partial charge in [-0.2, -0.15) is 0 Å². The standard InChI is InChI=1S/C12H6Cl8O2/c13-5(14)1-3-21-11-7(17)9(19)12(10(20)8(11)18)22-4-2-6(15)16/h1-2H,3-4H2. The molecule has 0 aromatic heterocycles. The number of benzene rings is 1. The van der Waals surface area contributed by atoms with Gasteiger partial charge in [-0.15, -0.1) is 0 Å². The molecule has 1 aromatic rings. The maximum atomic E-state index is 6.10. The molecule has 0 saturated heterocycles. The van der Waals surface area contributed by atoms with E-state index in [9.17, 15) is 0 Å². The van der Waals surface area contributed by atoms with E-state index in [1.807, 2.05) is 0 Å². The Labute approximate surface area is 167 Å². The summed E-state index contributed by atoms with van der Waals surface area (Å²) >= 11 is 46.3. The van der Waals surface area contributed by atoms with Gasteiger partial charge in [0.2, 0.25) is 0 Å². The molecule has 1 aromatic carbocycles. The highest BCUT2D eigenvalue weighted by molar-refractivity contribution is 6.56. The molecule has 0 heterocycles. The predicted octanol–water partition coefficient (Wildman–Crippen LogP) is 7.70. The minimum atomic E-state index is 0.0270. The minimum Gasteiger partial charge on any atom is -0.486 e. The molecule has 0 aliphatic heterocycles. The summed E-state index contributed by atoms with van der Waals surface area (Å²) < 4.78 is 10.8. The van der Waals surface area contributed by atoms with E-state index in [2.05, 4.69) is 0 Å². The number of ether oxygens (including phenoxy) is 2. The Hall–Kier alpha value is 0.620. The molecule has 1 rings (SSSR count). The Balaban J connectivity index is 3.09. The Morgan fingerprint density at radius 2 is 0.909 bits per heavy atom. The zero-order chi connectivity index (χ0) is 16.9. The van der Waals surface area contributed by atoms with E-state index in [1.165, 1.54) is 12.2 Å². The van der Waals surface area contributed by atoms with Crippen molar-refractivity contribution in [2.24, 2.45) is 0 Å². The molecule has 0 atom stereocenters. The van der Waals surface area contributed by atoms with Crippen molar-refractivity contribution in [3.05, 3.63) is 41.2 Å². The summed E-state index contributed by atoms with van der Waals surface area (Å²) in [7, 11) is 0. The average Bonchev–Trinajstić information content (AvgIpc) is 2.43. The number of rotatable bonds is 6. The lowest BCUT2D eigenvalue weighted by Crippen LogP contribution is -2.00. The zero-order valence-corrected chi connectivity index (χ0v) is 16.5. The molecule has 0 fully saturated rings. The molecule has 0 N–H and O–H groups in total. The Bertz CT molecular complexity index is 522. The normalized spacial score (nSPS) is 10.2. The van der Waals surface area contributed by atoms with Gasteiger partial charge >= 0.3 is 0 Å². The van der Waals surface area contributed by atoms with E-state index < -0.39 is 0 Å². The third kappa shape index (κ3) is 5.92. The van der Waals surface area contributed by atoms with E-state index >= 15 is 0 Å². The van der Waals surface area contributed by atoms with Gasteiger partial charge < -0.3 is 9.47 Å². The van der Waals surface area contributed by atoms with Gasteiger partial charge in [0.05, 0.1) is 0 Å². The van der Waals surface area contributed by atoms with Crippen molar-refractivity contribution < 1.29 is 9.47 Å². The van der Waals surface area contributed by atoms with Crippen LogP contribution < -0.4 is 9.47 Å². The first kappa shape index (κ1) is 20.7. The van der Waals surface area contributed by atoms with Gasteiger partial charge in [0.15, 0.2) is 11.5 Å². The van der Waals surface area contributed by atoms with Crippen LogP contribution in [0.1, 0.15) is 0 Å². The molecule has 0 spiro atoms. The van der Waals surface area contributed by atoms with E-state index in [1.54, 1.807) is 0 Å². The van der Waals surface area contributed by atoms with Gasteiger partial charge in [-0.25, -0.2) is 0 Å². The molecule has 0 amide bonds. The second-order valence-electron chi connectivity index (χ2n) is 3.52. The first-order valence-corrected chi connectivity index (χ1v) is 8.42. The Kier molecular flexibility index (Phi) is 9.21. The van der Waals surface area contributed by atoms with E-state index in [0.29, 0.717) is 0 Å². The lowest BCUT2D eigenvalue weighted by Gasteiger charge is -2.15. The highest BCUT2D eigenvalue weighted by Crippen LogP contribution is 2.50. The van der Waals surface area contributed by atoms with Crippen molar-refractivity contribution in [2.75, 3.05) is 13.2 Å². The van der Waals surface area contributed by atoms with Crippen LogP contribution in [-0.4, -0.2) is 13.2 Å². The molecular weight excluding hydrogens is 460 g/mol. The van der Waals surface area contributed by atoms with Crippen molar-refractivity contribution in [2.45, 2.75) is 0 Å². The Morgan fingerprint density at radius 1 is 0.636 bits per heavy atom. The molecule has 0 bridgehead atoms. The van der Waals surface area contributed by atoms with Crippen LogP contribution in [0.3, 0.4) is 0 Å².